The van der Waals surface area contributed by atoms with E-state index >= 15 is 0 Å². The molecule has 0 radical (unpaired) electrons. The fourth-order valence-corrected chi connectivity index (χ4v) is 7.47. The highest BCUT2D eigenvalue weighted by molar-refractivity contribution is 5.99. The molecule has 1 aromatic heterocycles. The number of nitrogens with zero attached hydrogens (tertiary/aromatic N) is 1. The minimum Gasteiger partial charge on any atom is -0.349 e. The van der Waals surface area contributed by atoms with E-state index in [1.807, 2.05) is 48.3 Å². The van der Waals surface area contributed by atoms with E-state index in [-0.39, 0.29) is 65.4 Å². The molecule has 0 unspecified atom stereocenters. The maximum atomic E-state index is 14.0. The molecule has 56 heavy (non-hydrogen) atoms. The maximum absolute atomic E-state index is 14.0. The average Bonchev–Trinajstić information content (AvgIpc) is 3.60. The second kappa shape index (κ2) is 17.7. The third-order valence-corrected chi connectivity index (χ3v) is 10.9. The van der Waals surface area contributed by atoms with Gasteiger partial charge in [0.1, 0.15) is 6.04 Å². The molecular formula is C40H47ClF5N7O3. The Labute approximate surface area is 327 Å². The van der Waals surface area contributed by atoms with E-state index in [1.165, 1.54) is 18.2 Å². The topological polar surface area (TPSA) is 168 Å². The predicted molar refractivity (Wildman–Crippen MR) is 206 cm³/mol. The van der Waals surface area contributed by atoms with Crippen molar-refractivity contribution < 1.29 is 36.3 Å². The van der Waals surface area contributed by atoms with Crippen molar-refractivity contribution in [2.75, 3.05) is 11.9 Å². The highest BCUT2D eigenvalue weighted by atomic mass is 35.5. The molecule has 3 aromatic carbocycles. The van der Waals surface area contributed by atoms with Crippen LogP contribution in [0.5, 0.6) is 0 Å². The van der Waals surface area contributed by atoms with Crippen LogP contribution in [-0.2, 0) is 21.9 Å². The molecule has 8 N–H and O–H groups in total. The van der Waals surface area contributed by atoms with Crippen LogP contribution in [0.3, 0.4) is 0 Å². The fourth-order valence-electron chi connectivity index (χ4n) is 7.47. The van der Waals surface area contributed by atoms with Gasteiger partial charge < -0.3 is 32.4 Å². The summed E-state index contributed by atoms with van der Waals surface area (Å²) in [6.45, 7) is 2.47. The van der Waals surface area contributed by atoms with E-state index < -0.39 is 29.9 Å². The summed E-state index contributed by atoms with van der Waals surface area (Å²) in [5.74, 6) is -7.73. The number of hydrogen-bond donors (Lipinski definition) is 6. The molecule has 302 valence electrons. The van der Waals surface area contributed by atoms with Crippen molar-refractivity contribution in [2.45, 2.75) is 94.9 Å². The number of amides is 3. The number of nitrogens with two attached hydrogens (primary N) is 2. The number of rotatable bonds is 11. The fraction of sp³-hybridized carbons (Fsp3) is 0.450. The number of aryl methyl sites for hydroxylation is 1. The van der Waals surface area contributed by atoms with Crippen molar-refractivity contribution in [1.29, 1.82) is 0 Å². The van der Waals surface area contributed by atoms with Gasteiger partial charge in [0.15, 0.2) is 5.82 Å². The minimum atomic E-state index is -5.85. The number of imidazole rings is 1. The number of hydrogen-bond acceptors (Lipinski definition) is 6. The molecule has 2 aliphatic carbocycles. The summed E-state index contributed by atoms with van der Waals surface area (Å²) in [7, 11) is 0. The summed E-state index contributed by atoms with van der Waals surface area (Å²) in [6.07, 6.45) is 0.606. The van der Waals surface area contributed by atoms with Gasteiger partial charge in [0.2, 0.25) is 11.8 Å². The molecule has 10 nitrogen and oxygen atoms in total. The molecule has 16 heteroatoms. The van der Waals surface area contributed by atoms with Crippen LogP contribution in [0.15, 0.2) is 60.7 Å². The monoisotopic (exact) mass is 803 g/mol. The SMILES string of the molecule is Cc1cc(C(=O)N[C@H]2CC[C@H](N)CC2)ccc1-c1ccc(C[C@H](NC(=O)[C@H]2CC[C@H](CN)CC2)C(=O)Nc2ccc3[nH]c(C(F)(F)C(F)(F)F)nc3c2)cc1.Cl. The molecule has 0 bridgehead atoms. The number of benzene rings is 3. The standard InChI is InChI=1S/C40H46F5N7O3.ClH/c1-22-18-27(36(54)48-29-13-11-28(47)12-14-29)10-16-31(22)25-6-2-23(3-7-25)19-34(50-35(53)26-8-4-24(21-46)5-9-26)37(55)49-30-15-17-32-33(20-30)52-38(51-32)39(41,42)40(43,44)45;/h2-3,6-7,10,15-18,20,24,26,28-29,34H,4-5,8-9,11-14,19,21,46-47H2,1H3,(H,48,54)(H,49,55)(H,50,53)(H,51,52);1H/t24-,26-,28-,29-,34-;/m0./s1. The molecule has 0 saturated heterocycles. The Hall–Kier alpha value is -4.60. The minimum absolute atomic E-state index is 0. The number of halogens is 6. The molecular weight excluding hydrogens is 757 g/mol. The van der Waals surface area contributed by atoms with Crippen LogP contribution < -0.4 is 27.4 Å². The number of nitrogens with one attached hydrogen (secondary N) is 4. The Morgan fingerprint density at radius 1 is 0.893 bits per heavy atom. The molecule has 3 amide bonds. The quantitative estimate of drug-likeness (QED) is 0.0890. The van der Waals surface area contributed by atoms with Crippen molar-refractivity contribution in [2.24, 2.45) is 23.3 Å². The molecule has 1 atom stereocenters. The summed E-state index contributed by atoms with van der Waals surface area (Å²) in [5.41, 5.74) is 15.7. The lowest BCUT2D eigenvalue weighted by Crippen LogP contribution is -2.48. The second-order valence-corrected chi connectivity index (χ2v) is 14.9. The summed E-state index contributed by atoms with van der Waals surface area (Å²) in [5, 5.41) is 8.69. The summed E-state index contributed by atoms with van der Waals surface area (Å²) in [6, 6.07) is 16.0. The third-order valence-electron chi connectivity index (χ3n) is 10.9. The highest BCUT2D eigenvalue weighted by Crippen LogP contribution is 2.43. The summed E-state index contributed by atoms with van der Waals surface area (Å²) < 4.78 is 66.8. The zero-order valence-electron chi connectivity index (χ0n) is 30.9. The normalized spacial score (nSPS) is 20.8. The van der Waals surface area contributed by atoms with Gasteiger partial charge >= 0.3 is 12.1 Å². The number of alkyl halides is 5. The van der Waals surface area contributed by atoms with E-state index in [2.05, 4.69) is 20.9 Å². The van der Waals surface area contributed by atoms with Gasteiger partial charge in [-0.25, -0.2) is 4.98 Å². The number of carbonyl (C=O) groups excluding carboxylic acids is 3. The van der Waals surface area contributed by atoms with Gasteiger partial charge in [0, 0.05) is 35.7 Å². The molecule has 4 aromatic rings. The third kappa shape index (κ3) is 9.85. The van der Waals surface area contributed by atoms with Crippen molar-refractivity contribution in [3.63, 3.8) is 0 Å². The Morgan fingerprint density at radius 3 is 2.20 bits per heavy atom. The lowest BCUT2D eigenvalue weighted by Gasteiger charge is -2.28. The van der Waals surface area contributed by atoms with Crippen molar-refractivity contribution in [3.05, 3.63) is 83.2 Å². The van der Waals surface area contributed by atoms with E-state index in [0.29, 0.717) is 30.9 Å². The van der Waals surface area contributed by atoms with Crippen LogP contribution in [0.25, 0.3) is 22.2 Å². The molecule has 2 saturated carbocycles. The zero-order valence-corrected chi connectivity index (χ0v) is 31.7. The smallest absolute Gasteiger partial charge is 0.349 e. The average molecular weight is 804 g/mol. The van der Waals surface area contributed by atoms with Crippen molar-refractivity contribution >= 4 is 46.8 Å². The number of aromatic nitrogens is 2. The largest absolute Gasteiger partial charge is 0.461 e. The summed E-state index contributed by atoms with van der Waals surface area (Å²) >= 11 is 0. The van der Waals surface area contributed by atoms with Crippen molar-refractivity contribution in [3.8, 4) is 11.1 Å². The first kappa shape index (κ1) is 42.5. The van der Waals surface area contributed by atoms with Crippen LogP contribution >= 0.6 is 12.4 Å². The van der Waals surface area contributed by atoms with Gasteiger partial charge in [-0.1, -0.05) is 30.3 Å². The van der Waals surface area contributed by atoms with Gasteiger partial charge in [-0.2, -0.15) is 22.0 Å². The number of fused-ring (bicyclic) bond motifs is 1. The van der Waals surface area contributed by atoms with Gasteiger partial charge in [-0.15, -0.1) is 12.4 Å². The van der Waals surface area contributed by atoms with Crippen LogP contribution in [0.4, 0.5) is 27.6 Å². The Bertz CT molecular complexity index is 2010. The van der Waals surface area contributed by atoms with Crippen molar-refractivity contribution in [1.82, 2.24) is 20.6 Å². The molecule has 2 aliphatic rings. The highest BCUT2D eigenvalue weighted by Gasteiger charge is 2.61. The van der Waals surface area contributed by atoms with Crippen LogP contribution in [-0.4, -0.2) is 58.5 Å². The van der Waals surface area contributed by atoms with E-state index in [1.54, 1.807) is 6.07 Å². The maximum Gasteiger partial charge on any atom is 0.461 e. The molecule has 0 spiro atoms. The van der Waals surface area contributed by atoms with Crippen LogP contribution in [0.1, 0.15) is 78.7 Å². The molecule has 0 aliphatic heterocycles. The number of anilines is 1. The van der Waals surface area contributed by atoms with Gasteiger partial charge in [0.25, 0.3) is 5.91 Å². The zero-order chi connectivity index (χ0) is 39.5. The van der Waals surface area contributed by atoms with E-state index in [4.69, 9.17) is 11.5 Å². The Morgan fingerprint density at radius 2 is 1.57 bits per heavy atom. The predicted octanol–water partition coefficient (Wildman–Crippen LogP) is 7.05. The second-order valence-electron chi connectivity index (χ2n) is 14.9. The van der Waals surface area contributed by atoms with Gasteiger partial charge in [0.05, 0.1) is 11.0 Å². The van der Waals surface area contributed by atoms with Crippen LogP contribution in [0, 0.1) is 18.8 Å². The summed E-state index contributed by atoms with van der Waals surface area (Å²) in [4.78, 5) is 45.6. The van der Waals surface area contributed by atoms with Gasteiger partial charge in [-0.05, 0) is 123 Å². The van der Waals surface area contributed by atoms with Crippen LogP contribution in [0.2, 0.25) is 0 Å². The first-order valence-corrected chi connectivity index (χ1v) is 18.6. The number of H-pyrrole nitrogens is 1. The lowest BCUT2D eigenvalue weighted by atomic mass is 9.81. The molecule has 6 rings (SSSR count). The Balaban J connectivity index is 0.00000600. The first-order valence-electron chi connectivity index (χ1n) is 18.6. The number of aromatic amines is 1. The van der Waals surface area contributed by atoms with Gasteiger partial charge in [-0.3, -0.25) is 14.4 Å². The molecule has 1 heterocycles. The number of carbonyl (C=O) groups is 3. The Kier molecular flexibility index (Phi) is 13.4. The van der Waals surface area contributed by atoms with E-state index in [9.17, 15) is 36.3 Å². The van der Waals surface area contributed by atoms with E-state index in [0.717, 1.165) is 60.8 Å². The molecule has 2 fully saturated rings. The lowest BCUT2D eigenvalue weighted by molar-refractivity contribution is -0.292. The first-order chi connectivity index (χ1) is 26.1.